The van der Waals surface area contributed by atoms with Gasteiger partial charge < -0.3 is 19.4 Å². The number of carbonyl (C=O) groups is 2. The average Bonchev–Trinajstić information content (AvgIpc) is 3.36. The molecule has 0 rings (SSSR count). The van der Waals surface area contributed by atoms with Crippen LogP contribution in [0, 0.1) is 0 Å². The molecule has 0 fully saturated rings. The van der Waals surface area contributed by atoms with Crippen molar-refractivity contribution >= 4 is 19.7 Å². The molecule has 0 heterocycles. The first-order chi connectivity index (χ1) is 35.9. The standard InChI is InChI=1S/C64H119N2O7P/c1-7-10-13-16-19-22-25-28-29-30-31-32-33-34-35-36-37-39-41-44-47-50-53-56-63(67)65-61(60-72-74(69,70)71-59-58-66(4,5)6)62(55-52-49-46-43-40-27-24-21-18-15-12-9-3)73-64(68)57-54-51-48-45-42-38-26-23-20-17-14-11-8-2/h11,14,17,20,23,26,28-29,52,55,61-62H,7-10,12-13,15-16,18-19,21-22,24-25,27,30-51,53-54,56-60H2,1-6H3,(H-,65,67,69,70)/p+1/b14-11+,20-17+,26-23-,29-28+,55-52-. The van der Waals surface area contributed by atoms with Crippen molar-refractivity contribution in [1.29, 1.82) is 0 Å². The molecule has 0 aromatic rings. The number of nitrogens with zero attached hydrogens (tertiary/aromatic N) is 1. The Morgan fingerprint density at radius 1 is 0.486 bits per heavy atom. The van der Waals surface area contributed by atoms with Crippen LogP contribution in [0.5, 0.6) is 0 Å². The molecule has 432 valence electrons. The first-order valence-corrected chi connectivity index (χ1v) is 32.6. The minimum absolute atomic E-state index is 0.0360. The van der Waals surface area contributed by atoms with Crippen LogP contribution in [0.3, 0.4) is 0 Å². The van der Waals surface area contributed by atoms with Crippen LogP contribution in [-0.2, 0) is 27.9 Å². The van der Waals surface area contributed by atoms with Crippen molar-refractivity contribution in [2.24, 2.45) is 0 Å². The highest BCUT2D eigenvalue weighted by Crippen LogP contribution is 2.43. The van der Waals surface area contributed by atoms with Gasteiger partial charge in [-0.1, -0.05) is 255 Å². The van der Waals surface area contributed by atoms with Crippen LogP contribution in [0.1, 0.15) is 284 Å². The summed E-state index contributed by atoms with van der Waals surface area (Å²) in [6.07, 6.45) is 68.0. The Morgan fingerprint density at radius 2 is 0.878 bits per heavy atom. The lowest BCUT2D eigenvalue weighted by molar-refractivity contribution is -0.870. The Kier molecular flexibility index (Phi) is 52.4. The van der Waals surface area contributed by atoms with E-state index in [1.807, 2.05) is 33.3 Å². The maximum atomic E-state index is 13.5. The van der Waals surface area contributed by atoms with E-state index in [0.29, 0.717) is 23.9 Å². The molecule has 3 unspecified atom stereocenters. The van der Waals surface area contributed by atoms with Crippen molar-refractivity contribution in [1.82, 2.24) is 5.32 Å². The van der Waals surface area contributed by atoms with E-state index in [4.69, 9.17) is 13.8 Å². The normalized spacial score (nSPS) is 14.1. The molecular weight excluding hydrogens is 940 g/mol. The van der Waals surface area contributed by atoms with Gasteiger partial charge in [0.15, 0.2) is 0 Å². The lowest BCUT2D eigenvalue weighted by Gasteiger charge is -2.27. The van der Waals surface area contributed by atoms with Gasteiger partial charge in [0, 0.05) is 12.8 Å². The first-order valence-electron chi connectivity index (χ1n) is 31.1. The number of esters is 1. The summed E-state index contributed by atoms with van der Waals surface area (Å²) in [5.74, 6) is -0.524. The zero-order valence-electron chi connectivity index (χ0n) is 49.3. The number of rotatable bonds is 56. The van der Waals surface area contributed by atoms with E-state index in [1.54, 1.807) is 0 Å². The zero-order valence-corrected chi connectivity index (χ0v) is 50.2. The van der Waals surface area contributed by atoms with Gasteiger partial charge in [-0.3, -0.25) is 18.6 Å². The van der Waals surface area contributed by atoms with Crippen LogP contribution in [0.2, 0.25) is 0 Å². The minimum atomic E-state index is -4.45. The quantitative estimate of drug-likeness (QED) is 0.0156. The second-order valence-corrected chi connectivity index (χ2v) is 23.7. The van der Waals surface area contributed by atoms with Gasteiger partial charge in [-0.25, -0.2) is 4.57 Å². The van der Waals surface area contributed by atoms with Crippen molar-refractivity contribution in [2.75, 3.05) is 40.9 Å². The van der Waals surface area contributed by atoms with Crippen LogP contribution in [0.4, 0.5) is 0 Å². The van der Waals surface area contributed by atoms with Crippen LogP contribution in [-0.4, -0.2) is 74.3 Å². The Hall–Kier alpha value is -2.29. The molecule has 0 bridgehead atoms. The summed E-state index contributed by atoms with van der Waals surface area (Å²) in [7, 11) is 1.48. The molecule has 0 saturated heterocycles. The predicted molar refractivity (Wildman–Crippen MR) is 318 cm³/mol. The Balaban J connectivity index is 5.15. The molecule has 10 heteroatoms. The number of amides is 1. The van der Waals surface area contributed by atoms with Gasteiger partial charge in [-0.2, -0.15) is 0 Å². The highest BCUT2D eigenvalue weighted by molar-refractivity contribution is 7.47. The molecule has 3 atom stereocenters. The molecule has 0 aromatic carbocycles. The van der Waals surface area contributed by atoms with Crippen LogP contribution < -0.4 is 5.32 Å². The molecule has 74 heavy (non-hydrogen) atoms. The van der Waals surface area contributed by atoms with E-state index in [-0.39, 0.29) is 31.5 Å². The summed E-state index contributed by atoms with van der Waals surface area (Å²) < 4.78 is 30.6. The smallest absolute Gasteiger partial charge is 0.456 e. The Bertz CT molecular complexity index is 1450. The number of unbranched alkanes of at least 4 members (excludes halogenated alkanes) is 34. The van der Waals surface area contributed by atoms with Crippen molar-refractivity contribution in [3.05, 3.63) is 60.8 Å². The van der Waals surface area contributed by atoms with E-state index in [2.05, 4.69) is 74.7 Å². The third-order valence-electron chi connectivity index (χ3n) is 13.8. The molecule has 0 saturated carbocycles. The Morgan fingerprint density at radius 3 is 1.32 bits per heavy atom. The fraction of sp³-hybridized carbons (Fsp3) is 0.812. The number of quaternary nitrogens is 1. The van der Waals surface area contributed by atoms with Crippen molar-refractivity contribution < 1.29 is 37.3 Å². The molecule has 0 aliphatic carbocycles. The van der Waals surface area contributed by atoms with E-state index in [9.17, 15) is 19.0 Å². The van der Waals surface area contributed by atoms with Gasteiger partial charge in [0.1, 0.15) is 19.3 Å². The SMILES string of the molecule is CC/C=C/C=C/C=C\CCCCCCCC(=O)OC(/C=C\CCCCCCCCCCCC)C(COP(=O)(O)OCC[N+](C)(C)C)NC(=O)CCCCCCCCCCCCCCC/C=C/CCCCCCCC. The lowest BCUT2D eigenvalue weighted by atomic mass is 10.0. The zero-order chi connectivity index (χ0) is 54.3. The average molecular weight is 1060 g/mol. The summed E-state index contributed by atoms with van der Waals surface area (Å²) in [6.45, 7) is 6.88. The molecule has 2 N–H and O–H groups in total. The van der Waals surface area contributed by atoms with E-state index >= 15 is 0 Å². The van der Waals surface area contributed by atoms with Gasteiger partial charge >= 0.3 is 13.8 Å². The number of hydrogen-bond acceptors (Lipinski definition) is 6. The molecule has 9 nitrogen and oxygen atoms in total. The molecular formula is C64H120N2O7P+. The van der Waals surface area contributed by atoms with Crippen LogP contribution in [0.25, 0.3) is 0 Å². The molecule has 0 aliphatic rings. The minimum Gasteiger partial charge on any atom is -0.456 e. The van der Waals surface area contributed by atoms with E-state index in [1.165, 1.54) is 167 Å². The van der Waals surface area contributed by atoms with Crippen molar-refractivity contribution in [3.63, 3.8) is 0 Å². The number of phosphoric acid groups is 1. The third kappa shape index (κ3) is 54.5. The van der Waals surface area contributed by atoms with Crippen LogP contribution >= 0.6 is 7.82 Å². The van der Waals surface area contributed by atoms with Crippen LogP contribution in [0.15, 0.2) is 60.8 Å². The first kappa shape index (κ1) is 71.7. The maximum Gasteiger partial charge on any atom is 0.472 e. The number of phosphoric ester groups is 1. The number of nitrogens with one attached hydrogen (secondary N) is 1. The highest BCUT2D eigenvalue weighted by atomic mass is 31.2. The molecule has 0 spiro atoms. The van der Waals surface area contributed by atoms with E-state index in [0.717, 1.165) is 77.0 Å². The summed E-state index contributed by atoms with van der Waals surface area (Å²) in [4.78, 5) is 37.7. The number of allylic oxidation sites excluding steroid dienone is 9. The molecule has 1 amide bonds. The second-order valence-electron chi connectivity index (χ2n) is 22.3. The number of likely N-dealkylation sites (N-methyl/N-ethyl adjacent to an activating group) is 1. The third-order valence-corrected chi connectivity index (χ3v) is 14.7. The van der Waals surface area contributed by atoms with Gasteiger partial charge in [-0.05, 0) is 76.7 Å². The van der Waals surface area contributed by atoms with Gasteiger partial charge in [0.05, 0.1) is 33.8 Å². The highest BCUT2D eigenvalue weighted by Gasteiger charge is 2.30. The second kappa shape index (κ2) is 54.1. The van der Waals surface area contributed by atoms with Gasteiger partial charge in [-0.15, -0.1) is 0 Å². The number of hydrogen-bond donors (Lipinski definition) is 2. The van der Waals surface area contributed by atoms with Gasteiger partial charge in [0.2, 0.25) is 5.91 Å². The number of ether oxygens (including phenoxy) is 1. The topological polar surface area (TPSA) is 111 Å². The fourth-order valence-corrected chi connectivity index (χ4v) is 9.67. The van der Waals surface area contributed by atoms with E-state index < -0.39 is 20.0 Å². The molecule has 0 aromatic heterocycles. The molecule has 0 aliphatic heterocycles. The summed E-state index contributed by atoms with van der Waals surface area (Å²) in [5, 5.41) is 3.05. The van der Waals surface area contributed by atoms with Gasteiger partial charge in [0.25, 0.3) is 0 Å². The summed E-state index contributed by atoms with van der Waals surface area (Å²) >= 11 is 0. The Labute approximate surface area is 458 Å². The monoisotopic (exact) mass is 1060 g/mol. The fourth-order valence-electron chi connectivity index (χ4n) is 8.94. The lowest BCUT2D eigenvalue weighted by Crippen LogP contribution is -2.47. The maximum absolute atomic E-state index is 13.5. The molecule has 0 radical (unpaired) electrons. The number of carbonyl (C=O) groups excluding carboxylic acids is 2. The van der Waals surface area contributed by atoms with Crippen molar-refractivity contribution in [2.45, 2.75) is 296 Å². The summed E-state index contributed by atoms with van der Waals surface area (Å²) in [5.41, 5.74) is 0. The van der Waals surface area contributed by atoms with Crippen molar-refractivity contribution in [3.8, 4) is 0 Å². The summed E-state index contributed by atoms with van der Waals surface area (Å²) in [6, 6.07) is -0.856. The predicted octanol–water partition coefficient (Wildman–Crippen LogP) is 19.1. The largest absolute Gasteiger partial charge is 0.472 e.